The highest BCUT2D eigenvalue weighted by Gasteiger charge is 2.19. The first-order valence-corrected chi connectivity index (χ1v) is 9.73. The predicted octanol–water partition coefficient (Wildman–Crippen LogP) is 0.854. The zero-order chi connectivity index (χ0) is 23.2. The number of ether oxygens (including phenoxy) is 2. The number of aromatic hydroxyl groups is 2. The molecule has 0 aromatic heterocycles. The highest BCUT2D eigenvalue weighted by atomic mass is 16.5. The summed E-state index contributed by atoms with van der Waals surface area (Å²) in [5.74, 6) is -2.46. The first kappa shape index (κ1) is 25.9. The number of aliphatic carboxylic acids is 1. The van der Waals surface area contributed by atoms with Gasteiger partial charge in [-0.2, -0.15) is 5.26 Å². The third kappa shape index (κ3) is 10.5. The standard InChI is InChI=1S/C21H28N2O8/c1-14(11-22)21(29)31-8-4-2-3-7-30-13-16(24)12-23-17(20(27)28)9-15-5-6-18(25)19(26)10-15/h5-6,10,16-17,23-26H,1-4,7-9,12-13H2,(H,27,28)/t16?,17-/m0/s1. The summed E-state index contributed by atoms with van der Waals surface area (Å²) in [6.45, 7) is 3.84. The number of nitriles is 1. The number of hydrogen-bond acceptors (Lipinski definition) is 9. The van der Waals surface area contributed by atoms with E-state index < -0.39 is 24.1 Å². The summed E-state index contributed by atoms with van der Waals surface area (Å²) in [5.41, 5.74) is 0.279. The van der Waals surface area contributed by atoms with Crippen molar-refractivity contribution in [3.05, 3.63) is 35.9 Å². The van der Waals surface area contributed by atoms with Crippen LogP contribution in [0.4, 0.5) is 0 Å². The number of nitrogens with zero attached hydrogens (tertiary/aromatic N) is 1. The van der Waals surface area contributed by atoms with Gasteiger partial charge in [-0.05, 0) is 43.4 Å². The molecule has 10 heteroatoms. The Morgan fingerprint density at radius 1 is 1.16 bits per heavy atom. The molecule has 1 rings (SSSR count). The molecule has 0 amide bonds. The smallest absolute Gasteiger partial charge is 0.348 e. The van der Waals surface area contributed by atoms with Gasteiger partial charge in [-0.25, -0.2) is 4.79 Å². The summed E-state index contributed by atoms with van der Waals surface area (Å²) in [4.78, 5) is 22.6. The number of carboxylic acids is 1. The van der Waals surface area contributed by atoms with E-state index in [1.165, 1.54) is 18.2 Å². The number of unbranched alkanes of at least 4 members (excludes halogenated alkanes) is 2. The minimum atomic E-state index is -1.11. The van der Waals surface area contributed by atoms with Crippen LogP contribution in [-0.4, -0.2) is 70.9 Å². The summed E-state index contributed by atoms with van der Waals surface area (Å²) >= 11 is 0. The first-order chi connectivity index (χ1) is 14.7. The van der Waals surface area contributed by atoms with Crippen molar-refractivity contribution in [2.45, 2.75) is 37.8 Å². The van der Waals surface area contributed by atoms with Gasteiger partial charge < -0.3 is 35.2 Å². The molecule has 0 bridgehead atoms. The third-order valence-corrected chi connectivity index (χ3v) is 4.24. The number of aliphatic hydroxyl groups is 1. The predicted molar refractivity (Wildman–Crippen MR) is 109 cm³/mol. The number of rotatable bonds is 15. The number of carbonyl (C=O) groups is 2. The maximum Gasteiger partial charge on any atom is 0.348 e. The molecule has 1 aromatic rings. The number of phenols is 2. The Kier molecular flexibility index (Phi) is 11.7. The lowest BCUT2D eigenvalue weighted by atomic mass is 10.1. The molecule has 1 unspecified atom stereocenters. The lowest BCUT2D eigenvalue weighted by Gasteiger charge is -2.18. The van der Waals surface area contributed by atoms with Gasteiger partial charge >= 0.3 is 11.9 Å². The second-order valence-corrected chi connectivity index (χ2v) is 6.84. The first-order valence-electron chi connectivity index (χ1n) is 9.73. The molecule has 0 spiro atoms. The van der Waals surface area contributed by atoms with Gasteiger partial charge in [0, 0.05) is 13.2 Å². The van der Waals surface area contributed by atoms with Crippen molar-refractivity contribution in [1.82, 2.24) is 5.32 Å². The van der Waals surface area contributed by atoms with E-state index >= 15 is 0 Å². The molecule has 0 saturated heterocycles. The highest BCUT2D eigenvalue weighted by molar-refractivity contribution is 5.91. The Labute approximate surface area is 180 Å². The maximum absolute atomic E-state index is 11.4. The number of nitrogens with one attached hydrogen (secondary N) is 1. The van der Waals surface area contributed by atoms with Crippen molar-refractivity contribution in [2.75, 3.05) is 26.4 Å². The number of phenolic OH excluding ortho intramolecular Hbond substituents is 2. The highest BCUT2D eigenvalue weighted by Crippen LogP contribution is 2.25. The van der Waals surface area contributed by atoms with Crippen LogP contribution >= 0.6 is 0 Å². The van der Waals surface area contributed by atoms with Gasteiger partial charge in [-0.15, -0.1) is 0 Å². The summed E-state index contributed by atoms with van der Waals surface area (Å²) in [7, 11) is 0. The number of aliphatic hydroxyl groups excluding tert-OH is 1. The van der Waals surface area contributed by atoms with Gasteiger partial charge in [0.25, 0.3) is 0 Å². The summed E-state index contributed by atoms with van der Waals surface area (Å²) in [5, 5.41) is 49.3. The fraction of sp³-hybridized carbons (Fsp3) is 0.476. The topological polar surface area (TPSA) is 169 Å². The SMILES string of the molecule is C=C(C#N)C(=O)OCCCCCOCC(O)CN[C@@H](Cc1ccc(O)c(O)c1)C(=O)O. The molecule has 5 N–H and O–H groups in total. The Morgan fingerprint density at radius 3 is 2.52 bits per heavy atom. The Balaban J connectivity index is 2.19. The van der Waals surface area contributed by atoms with E-state index in [1.807, 2.05) is 0 Å². The van der Waals surface area contributed by atoms with Crippen LogP contribution in [0.5, 0.6) is 11.5 Å². The van der Waals surface area contributed by atoms with Crippen LogP contribution in [0.1, 0.15) is 24.8 Å². The number of esters is 1. The third-order valence-electron chi connectivity index (χ3n) is 4.24. The molecule has 0 aliphatic rings. The molecular weight excluding hydrogens is 408 g/mol. The van der Waals surface area contributed by atoms with E-state index in [0.29, 0.717) is 25.0 Å². The fourth-order valence-electron chi connectivity index (χ4n) is 2.52. The quantitative estimate of drug-likeness (QED) is 0.0873. The minimum Gasteiger partial charge on any atom is -0.504 e. The van der Waals surface area contributed by atoms with E-state index in [2.05, 4.69) is 11.9 Å². The van der Waals surface area contributed by atoms with Crippen LogP contribution < -0.4 is 5.32 Å². The lowest BCUT2D eigenvalue weighted by molar-refractivity contribution is -0.140. The molecule has 0 saturated carbocycles. The molecule has 10 nitrogen and oxygen atoms in total. The largest absolute Gasteiger partial charge is 0.504 e. The van der Waals surface area contributed by atoms with Gasteiger partial charge in [0.05, 0.1) is 19.3 Å². The van der Waals surface area contributed by atoms with Gasteiger partial charge in [-0.1, -0.05) is 12.6 Å². The summed E-state index contributed by atoms with van der Waals surface area (Å²) < 4.78 is 10.2. The van der Waals surface area contributed by atoms with E-state index in [0.717, 1.165) is 6.42 Å². The van der Waals surface area contributed by atoms with Crippen molar-refractivity contribution >= 4 is 11.9 Å². The van der Waals surface area contributed by atoms with Crippen LogP contribution in [0.2, 0.25) is 0 Å². The Hall–Kier alpha value is -3.13. The van der Waals surface area contributed by atoms with Crippen LogP contribution in [0.25, 0.3) is 0 Å². The average molecular weight is 436 g/mol. The molecule has 1 aromatic carbocycles. The minimum absolute atomic E-state index is 0.000235. The number of hydrogen-bond donors (Lipinski definition) is 5. The zero-order valence-corrected chi connectivity index (χ0v) is 17.1. The second-order valence-electron chi connectivity index (χ2n) is 6.84. The molecule has 31 heavy (non-hydrogen) atoms. The lowest BCUT2D eigenvalue weighted by Crippen LogP contribution is -2.43. The Bertz CT molecular complexity index is 790. The second kappa shape index (κ2) is 14.0. The molecule has 0 fully saturated rings. The van der Waals surface area contributed by atoms with Gasteiger partial charge in [0.2, 0.25) is 0 Å². The van der Waals surface area contributed by atoms with E-state index in [4.69, 9.17) is 14.7 Å². The fourth-order valence-corrected chi connectivity index (χ4v) is 2.52. The zero-order valence-electron chi connectivity index (χ0n) is 17.1. The van der Waals surface area contributed by atoms with Gasteiger partial charge in [-0.3, -0.25) is 4.79 Å². The van der Waals surface area contributed by atoms with Crippen molar-refractivity contribution in [3.63, 3.8) is 0 Å². The van der Waals surface area contributed by atoms with Crippen LogP contribution in [0, 0.1) is 11.3 Å². The molecule has 170 valence electrons. The van der Waals surface area contributed by atoms with Crippen molar-refractivity contribution in [2.24, 2.45) is 0 Å². The van der Waals surface area contributed by atoms with Crippen LogP contribution in [0.3, 0.4) is 0 Å². The average Bonchev–Trinajstić information content (AvgIpc) is 2.74. The van der Waals surface area contributed by atoms with Gasteiger partial charge in [0.1, 0.15) is 17.7 Å². The van der Waals surface area contributed by atoms with Crippen LogP contribution in [-0.2, 0) is 25.5 Å². The van der Waals surface area contributed by atoms with Gasteiger partial charge in [0.15, 0.2) is 11.5 Å². The number of benzene rings is 1. The Morgan fingerprint density at radius 2 is 1.87 bits per heavy atom. The van der Waals surface area contributed by atoms with Crippen molar-refractivity contribution in [1.29, 1.82) is 5.26 Å². The van der Waals surface area contributed by atoms with E-state index in [1.54, 1.807) is 6.07 Å². The normalized spacial score (nSPS) is 12.5. The summed E-state index contributed by atoms with van der Waals surface area (Å²) in [6, 6.07) is 4.70. The molecular formula is C21H28N2O8. The number of carbonyl (C=O) groups excluding carboxylic acids is 1. The molecule has 0 aliphatic carbocycles. The maximum atomic E-state index is 11.4. The molecule has 0 heterocycles. The van der Waals surface area contributed by atoms with Crippen molar-refractivity contribution < 1.29 is 39.5 Å². The monoisotopic (exact) mass is 436 g/mol. The molecule has 0 aliphatic heterocycles. The van der Waals surface area contributed by atoms with Crippen molar-refractivity contribution in [3.8, 4) is 17.6 Å². The van der Waals surface area contributed by atoms with E-state index in [-0.39, 0.29) is 43.3 Å². The van der Waals surface area contributed by atoms with Crippen LogP contribution in [0.15, 0.2) is 30.4 Å². The summed E-state index contributed by atoms with van der Waals surface area (Å²) in [6.07, 6.45) is 1.15. The molecule has 2 atom stereocenters. The van der Waals surface area contributed by atoms with E-state index in [9.17, 15) is 30.0 Å². The molecule has 0 radical (unpaired) electrons. The number of carboxylic acid groups (broad SMARTS) is 1.